The van der Waals surface area contributed by atoms with Crippen molar-refractivity contribution in [3.8, 4) is 5.75 Å². The van der Waals surface area contributed by atoms with Gasteiger partial charge in [-0.2, -0.15) is 0 Å². The Hall–Kier alpha value is -2.54. The number of anilines is 1. The van der Waals surface area contributed by atoms with E-state index in [1.807, 2.05) is 13.0 Å². The lowest BCUT2D eigenvalue weighted by Gasteiger charge is -2.26. The van der Waals surface area contributed by atoms with Gasteiger partial charge < -0.3 is 10.1 Å². The number of hydrogen-bond donors (Lipinski definition) is 1. The highest BCUT2D eigenvalue weighted by Crippen LogP contribution is 2.33. The summed E-state index contributed by atoms with van der Waals surface area (Å²) >= 11 is 0. The molecule has 0 spiro atoms. The van der Waals surface area contributed by atoms with Crippen LogP contribution in [-0.2, 0) is 14.8 Å². The van der Waals surface area contributed by atoms with Crippen LogP contribution in [0, 0.1) is 6.92 Å². The summed E-state index contributed by atoms with van der Waals surface area (Å²) in [5.74, 6) is 0.0445. The first-order chi connectivity index (χ1) is 13.4. The van der Waals surface area contributed by atoms with E-state index in [9.17, 15) is 13.2 Å². The van der Waals surface area contributed by atoms with Crippen molar-refractivity contribution in [1.82, 2.24) is 5.32 Å². The minimum absolute atomic E-state index is 0.123. The summed E-state index contributed by atoms with van der Waals surface area (Å²) in [5.41, 5.74) is 1.21. The van der Waals surface area contributed by atoms with Gasteiger partial charge in [0.05, 0.1) is 17.7 Å². The Labute approximate surface area is 167 Å². The average Bonchev–Trinajstić information content (AvgIpc) is 2.70. The first-order valence-corrected chi connectivity index (χ1v) is 10.8. The highest BCUT2D eigenvalue weighted by Gasteiger charge is 2.29. The minimum atomic E-state index is -3.94. The zero-order valence-corrected chi connectivity index (χ0v) is 17.5. The molecule has 1 amide bonds. The summed E-state index contributed by atoms with van der Waals surface area (Å²) in [6.45, 7) is 4.15. The molecule has 0 unspecified atom stereocenters. The summed E-state index contributed by atoms with van der Waals surface area (Å²) in [5, 5.41) is 2.81. The summed E-state index contributed by atoms with van der Waals surface area (Å²) in [6.07, 6.45) is 2.92. The maximum Gasteiger partial charge on any atom is 0.264 e. The molecule has 6 nitrogen and oxygen atoms in total. The third-order valence-electron chi connectivity index (χ3n) is 4.32. The smallest absolute Gasteiger partial charge is 0.264 e. The van der Waals surface area contributed by atoms with Crippen LogP contribution in [-0.4, -0.2) is 34.5 Å². The van der Waals surface area contributed by atoms with E-state index in [-0.39, 0.29) is 17.3 Å². The minimum Gasteiger partial charge on any atom is -0.495 e. The molecule has 7 heteroatoms. The summed E-state index contributed by atoms with van der Waals surface area (Å²) < 4.78 is 33.1. The van der Waals surface area contributed by atoms with Gasteiger partial charge in [-0.05, 0) is 43.2 Å². The average molecular weight is 405 g/mol. The van der Waals surface area contributed by atoms with E-state index in [2.05, 4.69) is 12.2 Å². The van der Waals surface area contributed by atoms with E-state index in [1.54, 1.807) is 30.3 Å². The Morgan fingerprint density at radius 2 is 1.82 bits per heavy atom. The molecule has 0 heterocycles. The van der Waals surface area contributed by atoms with Crippen molar-refractivity contribution in [1.29, 1.82) is 0 Å². The molecular formula is C21H28N2O4S. The van der Waals surface area contributed by atoms with Gasteiger partial charge in [-0.25, -0.2) is 8.42 Å². The zero-order valence-electron chi connectivity index (χ0n) is 16.6. The van der Waals surface area contributed by atoms with Crippen LogP contribution >= 0.6 is 0 Å². The summed E-state index contributed by atoms with van der Waals surface area (Å²) in [7, 11) is -2.46. The van der Waals surface area contributed by atoms with Gasteiger partial charge >= 0.3 is 0 Å². The highest BCUT2D eigenvalue weighted by atomic mass is 32.2. The maximum atomic E-state index is 13.3. The largest absolute Gasteiger partial charge is 0.495 e. The molecular weight excluding hydrogens is 376 g/mol. The number of carbonyl (C=O) groups is 1. The van der Waals surface area contributed by atoms with Crippen molar-refractivity contribution in [3.63, 3.8) is 0 Å². The van der Waals surface area contributed by atoms with E-state index in [0.29, 0.717) is 18.0 Å². The number of sulfonamides is 1. The predicted octanol–water partition coefficient (Wildman–Crippen LogP) is 3.51. The summed E-state index contributed by atoms with van der Waals surface area (Å²) in [6, 6.07) is 13.3. The van der Waals surface area contributed by atoms with E-state index in [0.717, 1.165) is 29.1 Å². The van der Waals surface area contributed by atoms with Gasteiger partial charge in [0, 0.05) is 6.54 Å². The first kappa shape index (κ1) is 21.8. The predicted molar refractivity (Wildman–Crippen MR) is 111 cm³/mol. The fraction of sp³-hybridized carbons (Fsp3) is 0.381. The number of hydrogen-bond acceptors (Lipinski definition) is 4. The Balaban J connectivity index is 2.39. The van der Waals surface area contributed by atoms with Crippen LogP contribution in [0.2, 0.25) is 0 Å². The molecule has 1 N–H and O–H groups in total. The van der Waals surface area contributed by atoms with Gasteiger partial charge in [0.1, 0.15) is 12.3 Å². The Morgan fingerprint density at radius 1 is 1.11 bits per heavy atom. The number of nitrogens with zero attached hydrogens (tertiary/aromatic N) is 1. The summed E-state index contributed by atoms with van der Waals surface area (Å²) in [4.78, 5) is 12.6. The maximum absolute atomic E-state index is 13.3. The van der Waals surface area contributed by atoms with Crippen LogP contribution in [0.3, 0.4) is 0 Å². The van der Waals surface area contributed by atoms with Crippen molar-refractivity contribution in [2.45, 2.75) is 38.0 Å². The quantitative estimate of drug-likeness (QED) is 0.615. The molecule has 2 aromatic rings. The monoisotopic (exact) mass is 404 g/mol. The van der Waals surface area contributed by atoms with Gasteiger partial charge in [-0.3, -0.25) is 9.10 Å². The molecule has 0 radical (unpaired) electrons. The number of ether oxygens (including phenoxy) is 1. The van der Waals surface area contributed by atoms with Crippen molar-refractivity contribution in [3.05, 3.63) is 54.1 Å². The molecule has 152 valence electrons. The zero-order chi connectivity index (χ0) is 20.6. The first-order valence-electron chi connectivity index (χ1n) is 9.39. The number of carbonyl (C=O) groups excluding carboxylic acids is 1. The van der Waals surface area contributed by atoms with E-state index >= 15 is 0 Å². The molecule has 0 saturated heterocycles. The molecule has 0 aliphatic heterocycles. The number of amides is 1. The SMILES string of the molecule is CCCCCNC(=O)CN(c1cc(C)ccc1OC)S(=O)(=O)c1ccccc1. The van der Waals surface area contributed by atoms with Crippen LogP contribution in [0.15, 0.2) is 53.4 Å². The van der Waals surface area contributed by atoms with Crippen LogP contribution in [0.4, 0.5) is 5.69 Å². The molecule has 28 heavy (non-hydrogen) atoms. The second-order valence-electron chi connectivity index (χ2n) is 6.56. The highest BCUT2D eigenvalue weighted by molar-refractivity contribution is 7.92. The number of methoxy groups -OCH3 is 1. The molecule has 2 rings (SSSR count). The lowest BCUT2D eigenvalue weighted by atomic mass is 10.2. The van der Waals surface area contributed by atoms with Crippen molar-refractivity contribution in [2.75, 3.05) is 24.5 Å². The van der Waals surface area contributed by atoms with Gasteiger partial charge in [0.2, 0.25) is 5.91 Å². The van der Waals surface area contributed by atoms with Crippen LogP contribution in [0.1, 0.15) is 31.7 Å². The Bertz CT molecular complexity index is 883. The van der Waals surface area contributed by atoms with Crippen molar-refractivity contribution < 1.29 is 17.9 Å². The normalized spacial score (nSPS) is 11.1. The second kappa shape index (κ2) is 10.1. The van der Waals surface area contributed by atoms with Crippen molar-refractivity contribution in [2.24, 2.45) is 0 Å². The third kappa shape index (κ3) is 5.48. The lowest BCUT2D eigenvalue weighted by molar-refractivity contribution is -0.119. The Morgan fingerprint density at radius 3 is 2.46 bits per heavy atom. The topological polar surface area (TPSA) is 75.7 Å². The van der Waals surface area contributed by atoms with E-state index in [1.165, 1.54) is 19.2 Å². The molecule has 0 saturated carbocycles. The molecule has 0 bridgehead atoms. The van der Waals surface area contributed by atoms with Gasteiger partial charge in [-0.15, -0.1) is 0 Å². The molecule has 0 aliphatic rings. The number of rotatable bonds is 10. The number of unbranched alkanes of at least 4 members (excludes halogenated alkanes) is 2. The number of nitrogens with one attached hydrogen (secondary N) is 1. The van der Waals surface area contributed by atoms with Crippen LogP contribution in [0.5, 0.6) is 5.75 Å². The van der Waals surface area contributed by atoms with E-state index < -0.39 is 10.0 Å². The van der Waals surface area contributed by atoms with Crippen molar-refractivity contribution >= 4 is 21.6 Å². The van der Waals surface area contributed by atoms with Gasteiger partial charge in [0.25, 0.3) is 10.0 Å². The number of aryl methyl sites for hydroxylation is 1. The van der Waals surface area contributed by atoms with Gasteiger partial charge in [-0.1, -0.05) is 44.0 Å². The second-order valence-corrected chi connectivity index (χ2v) is 8.42. The van der Waals surface area contributed by atoms with Crippen LogP contribution < -0.4 is 14.4 Å². The van der Waals surface area contributed by atoms with Crippen LogP contribution in [0.25, 0.3) is 0 Å². The molecule has 0 aliphatic carbocycles. The molecule has 2 aromatic carbocycles. The molecule has 0 atom stereocenters. The third-order valence-corrected chi connectivity index (χ3v) is 6.10. The van der Waals surface area contributed by atoms with E-state index in [4.69, 9.17) is 4.74 Å². The Kier molecular flexibility index (Phi) is 7.87. The van der Waals surface area contributed by atoms with Gasteiger partial charge in [0.15, 0.2) is 0 Å². The molecule has 0 aromatic heterocycles. The fourth-order valence-corrected chi connectivity index (χ4v) is 4.25. The lowest BCUT2D eigenvalue weighted by Crippen LogP contribution is -2.41. The molecule has 0 fully saturated rings. The standard InChI is InChI=1S/C21H28N2O4S/c1-4-5-9-14-22-21(24)16-23(19-15-17(2)12-13-20(19)27-3)28(25,26)18-10-7-6-8-11-18/h6-8,10-13,15H,4-5,9,14,16H2,1-3H3,(H,22,24). The fourth-order valence-electron chi connectivity index (χ4n) is 2.80. The number of benzene rings is 2.